The van der Waals surface area contributed by atoms with Crippen LogP contribution in [-0.4, -0.2) is 74.7 Å². The van der Waals surface area contributed by atoms with Gasteiger partial charge >= 0.3 is 6.03 Å². The molecule has 4 aromatic carbocycles. The molecule has 2 aliphatic rings. The molecule has 1 fully saturated rings. The average Bonchev–Trinajstić information content (AvgIpc) is 3.47. The molecule has 2 atom stereocenters. The van der Waals surface area contributed by atoms with Crippen LogP contribution >= 0.6 is 23.2 Å². The van der Waals surface area contributed by atoms with E-state index >= 15 is 0 Å². The molecule has 1 N–H and O–H groups in total. The summed E-state index contributed by atoms with van der Waals surface area (Å²) in [5.74, 6) is 1.67. The predicted molar refractivity (Wildman–Crippen MR) is 215 cm³/mol. The van der Waals surface area contributed by atoms with Gasteiger partial charge in [0.2, 0.25) is 5.75 Å². The van der Waals surface area contributed by atoms with E-state index in [2.05, 4.69) is 22.3 Å². The molecule has 1 saturated heterocycles. The number of likely N-dealkylation sites (N-methyl/N-ethyl adjacent to an activating group) is 1. The van der Waals surface area contributed by atoms with Gasteiger partial charge < -0.3 is 34.1 Å². The standard InChI is InChI=1S/C42H48Cl2FN3O6S/c1-47(40(49)46-25-30-10-6-8-13-36(30)45)41(32-14-15-34(43)35(44)24-32,28-54-26-29-22-37(51-2)39(53-4)38(23-29)52-3)16-9-19-48-20-17-42(18-21-48)33-12-7-5-11-31(33)27-55(42)50/h5-8,10-15,22-24H,9,16-21,25-28H2,1-4H3,(H,46,49). The third kappa shape index (κ3) is 8.61. The molecule has 2 heterocycles. The van der Waals surface area contributed by atoms with Crippen molar-refractivity contribution in [2.45, 2.75) is 54.9 Å². The van der Waals surface area contributed by atoms with Gasteiger partial charge in [0.15, 0.2) is 11.5 Å². The molecule has 4 aromatic rings. The lowest BCUT2D eigenvalue weighted by molar-refractivity contribution is 0.00242. The summed E-state index contributed by atoms with van der Waals surface area (Å²) in [7, 11) is 5.43. The van der Waals surface area contributed by atoms with Crippen molar-refractivity contribution in [2.24, 2.45) is 0 Å². The number of methoxy groups -OCH3 is 3. The predicted octanol–water partition coefficient (Wildman–Crippen LogP) is 8.45. The molecule has 0 aromatic heterocycles. The molecule has 9 nitrogen and oxygen atoms in total. The van der Waals surface area contributed by atoms with Crippen LogP contribution in [-0.2, 0) is 44.7 Å². The number of benzene rings is 4. The van der Waals surface area contributed by atoms with Gasteiger partial charge in [0.05, 0.1) is 54.9 Å². The van der Waals surface area contributed by atoms with Crippen LogP contribution in [0.2, 0.25) is 10.0 Å². The largest absolute Gasteiger partial charge is 0.493 e. The first-order chi connectivity index (χ1) is 26.5. The number of carbonyl (C=O) groups is 1. The van der Waals surface area contributed by atoms with E-state index in [1.807, 2.05) is 30.3 Å². The molecular weight excluding hydrogens is 764 g/mol. The zero-order valence-electron chi connectivity index (χ0n) is 31.7. The van der Waals surface area contributed by atoms with Crippen LogP contribution in [0, 0.1) is 5.82 Å². The monoisotopic (exact) mass is 811 g/mol. The number of halogens is 3. The fraction of sp³-hybridized carbons (Fsp3) is 0.405. The quantitative estimate of drug-likeness (QED) is 0.129. The number of amides is 2. The van der Waals surface area contributed by atoms with Gasteiger partial charge in [-0.2, -0.15) is 0 Å². The molecule has 0 radical (unpaired) electrons. The van der Waals surface area contributed by atoms with E-state index in [1.165, 1.54) is 17.2 Å². The van der Waals surface area contributed by atoms with Crippen LogP contribution in [0.5, 0.6) is 17.2 Å². The minimum atomic E-state index is -1.03. The molecule has 2 unspecified atom stereocenters. The van der Waals surface area contributed by atoms with Crippen molar-refractivity contribution >= 4 is 40.0 Å². The molecule has 1 spiro atoms. The number of piperidine rings is 1. The van der Waals surface area contributed by atoms with Crippen molar-refractivity contribution < 1.29 is 32.3 Å². The van der Waals surface area contributed by atoms with Crippen LogP contribution in [0.25, 0.3) is 0 Å². The van der Waals surface area contributed by atoms with E-state index in [-0.39, 0.29) is 24.5 Å². The van der Waals surface area contributed by atoms with Gasteiger partial charge in [0, 0.05) is 35.7 Å². The highest BCUT2D eigenvalue weighted by molar-refractivity contribution is 7.85. The summed E-state index contributed by atoms with van der Waals surface area (Å²) in [6, 6.07) is 23.3. The molecule has 0 bridgehead atoms. The Morgan fingerprint density at radius 3 is 2.31 bits per heavy atom. The Hall–Kier alpha value is -3.87. The number of nitrogens with one attached hydrogen (secondary N) is 1. The number of carbonyl (C=O) groups excluding carboxylic acids is 1. The number of urea groups is 1. The van der Waals surface area contributed by atoms with Crippen molar-refractivity contribution in [3.05, 3.63) is 123 Å². The Kier molecular flexibility index (Phi) is 13.3. The van der Waals surface area contributed by atoms with Crippen LogP contribution in [0.4, 0.5) is 9.18 Å². The van der Waals surface area contributed by atoms with Gasteiger partial charge in [-0.3, -0.25) is 4.21 Å². The molecular formula is C42H48Cl2FN3O6S. The summed E-state index contributed by atoms with van der Waals surface area (Å²) in [5.41, 5.74) is 3.29. The van der Waals surface area contributed by atoms with Gasteiger partial charge in [-0.15, -0.1) is 0 Å². The Labute approximate surface area is 335 Å². The lowest BCUT2D eigenvalue weighted by atomic mass is 9.83. The number of hydrogen-bond acceptors (Lipinski definition) is 7. The zero-order chi connectivity index (χ0) is 39.2. The molecule has 294 valence electrons. The molecule has 0 saturated carbocycles. The topological polar surface area (TPSA) is 89.6 Å². The number of hydrogen-bond donors (Lipinski definition) is 1. The lowest BCUT2D eigenvalue weighted by Gasteiger charge is -2.43. The smallest absolute Gasteiger partial charge is 0.318 e. The Bertz CT molecular complexity index is 1990. The molecule has 0 aliphatic carbocycles. The first-order valence-corrected chi connectivity index (χ1v) is 20.4. The molecule has 2 amide bonds. The van der Waals surface area contributed by atoms with Gasteiger partial charge in [-0.05, 0) is 97.9 Å². The third-order valence-electron chi connectivity index (χ3n) is 11.1. The van der Waals surface area contributed by atoms with E-state index in [1.54, 1.807) is 63.6 Å². The third-order valence-corrected chi connectivity index (χ3v) is 13.9. The summed E-state index contributed by atoms with van der Waals surface area (Å²) >= 11 is 13.1. The maximum Gasteiger partial charge on any atom is 0.318 e. The lowest BCUT2D eigenvalue weighted by Crippen LogP contribution is -2.54. The van der Waals surface area contributed by atoms with Gasteiger partial charge in [-0.1, -0.05) is 71.7 Å². The fourth-order valence-electron chi connectivity index (χ4n) is 7.95. The highest BCUT2D eigenvalue weighted by Crippen LogP contribution is 2.47. The van der Waals surface area contributed by atoms with Crippen molar-refractivity contribution in [1.29, 1.82) is 0 Å². The number of nitrogens with zero attached hydrogens (tertiary/aromatic N) is 2. The van der Waals surface area contributed by atoms with Gasteiger partial charge in [0.1, 0.15) is 5.82 Å². The van der Waals surface area contributed by atoms with Crippen LogP contribution in [0.15, 0.2) is 78.9 Å². The van der Waals surface area contributed by atoms with Crippen LogP contribution in [0.1, 0.15) is 53.5 Å². The van der Waals surface area contributed by atoms with Crippen molar-refractivity contribution in [2.75, 3.05) is 54.6 Å². The second kappa shape index (κ2) is 17.9. The van der Waals surface area contributed by atoms with Gasteiger partial charge in [0.25, 0.3) is 0 Å². The molecule has 13 heteroatoms. The second-order valence-electron chi connectivity index (χ2n) is 14.1. The minimum absolute atomic E-state index is 0.000374. The van der Waals surface area contributed by atoms with E-state index in [9.17, 15) is 13.4 Å². The second-order valence-corrected chi connectivity index (χ2v) is 16.7. The first-order valence-electron chi connectivity index (χ1n) is 18.3. The zero-order valence-corrected chi connectivity index (χ0v) is 34.0. The fourth-order valence-corrected chi connectivity index (χ4v) is 10.1. The van der Waals surface area contributed by atoms with Crippen molar-refractivity contribution in [1.82, 2.24) is 15.1 Å². The average molecular weight is 813 g/mol. The van der Waals surface area contributed by atoms with Crippen LogP contribution in [0.3, 0.4) is 0 Å². The SMILES string of the molecule is COc1cc(COCC(CCCN2CCC3(CC2)c2ccccc2CS3=O)(c2ccc(Cl)c(Cl)c2)N(C)C(=O)NCc2ccccc2F)cc(OC)c1OC. The summed E-state index contributed by atoms with van der Waals surface area (Å²) in [6.07, 6.45) is 2.85. The molecule has 2 aliphatic heterocycles. The highest BCUT2D eigenvalue weighted by Gasteiger charge is 2.47. The van der Waals surface area contributed by atoms with E-state index in [0.29, 0.717) is 51.5 Å². The van der Waals surface area contributed by atoms with Crippen molar-refractivity contribution in [3.8, 4) is 17.2 Å². The minimum Gasteiger partial charge on any atom is -0.493 e. The molecule has 6 rings (SSSR count). The summed E-state index contributed by atoms with van der Waals surface area (Å²) < 4.78 is 50.9. The summed E-state index contributed by atoms with van der Waals surface area (Å²) in [5, 5.41) is 3.65. The first kappa shape index (κ1) is 40.8. The Morgan fingerprint density at radius 1 is 0.945 bits per heavy atom. The summed E-state index contributed by atoms with van der Waals surface area (Å²) in [4.78, 5) is 18.1. The summed E-state index contributed by atoms with van der Waals surface area (Å²) in [6.45, 7) is 2.64. The Morgan fingerprint density at radius 2 is 1.64 bits per heavy atom. The van der Waals surface area contributed by atoms with Gasteiger partial charge in [-0.25, -0.2) is 9.18 Å². The highest BCUT2D eigenvalue weighted by atomic mass is 35.5. The maximum absolute atomic E-state index is 14.6. The van der Waals surface area contributed by atoms with Crippen LogP contribution < -0.4 is 19.5 Å². The van der Waals surface area contributed by atoms with E-state index in [4.69, 9.17) is 42.1 Å². The Balaban J connectivity index is 1.26. The van der Waals surface area contributed by atoms with Crippen molar-refractivity contribution in [3.63, 3.8) is 0 Å². The number of fused-ring (bicyclic) bond motifs is 2. The number of likely N-dealkylation sites (tertiary alicyclic amines) is 1. The normalized spacial score (nSPS) is 17.3. The van der Waals surface area contributed by atoms with E-state index < -0.39 is 28.2 Å². The molecule has 55 heavy (non-hydrogen) atoms. The number of rotatable bonds is 15. The maximum atomic E-state index is 14.6. The van der Waals surface area contributed by atoms with E-state index in [0.717, 1.165) is 43.6 Å². The number of ether oxygens (including phenoxy) is 4.